The van der Waals surface area contributed by atoms with Crippen LogP contribution in [-0.4, -0.2) is 36.3 Å². The van der Waals surface area contributed by atoms with Gasteiger partial charge in [-0.15, -0.1) is 0 Å². The Hall–Kier alpha value is -2.13. The van der Waals surface area contributed by atoms with Crippen molar-refractivity contribution >= 4 is 17.0 Å². The summed E-state index contributed by atoms with van der Waals surface area (Å²) in [6, 6.07) is 0.339. The fraction of sp³-hybridized carbons (Fsp3) is 0.696. The maximum absolute atomic E-state index is 10.9. The molecule has 2 aliphatic rings. The summed E-state index contributed by atoms with van der Waals surface area (Å²) in [4.78, 5) is 14.0. The molecule has 4 rings (SSSR count). The average Bonchev–Trinajstić information content (AvgIpc) is 3.43. The van der Waals surface area contributed by atoms with Gasteiger partial charge in [-0.2, -0.15) is 0 Å². The SMILES string of the molecule is CCC(CC)Nc1nc(C#CC2(O)CCCC(C)C2)nc2c1ncn2CC1CC1. The number of aromatic nitrogens is 4. The van der Waals surface area contributed by atoms with E-state index in [1.807, 2.05) is 6.33 Å². The van der Waals surface area contributed by atoms with Crippen molar-refractivity contribution in [1.29, 1.82) is 0 Å². The van der Waals surface area contributed by atoms with Crippen molar-refractivity contribution in [3.8, 4) is 11.8 Å². The summed E-state index contributed by atoms with van der Waals surface area (Å²) >= 11 is 0. The van der Waals surface area contributed by atoms with E-state index in [0.717, 1.165) is 68.0 Å². The smallest absolute Gasteiger partial charge is 0.209 e. The number of nitrogens with zero attached hydrogens (tertiary/aromatic N) is 4. The van der Waals surface area contributed by atoms with Gasteiger partial charge < -0.3 is 15.0 Å². The van der Waals surface area contributed by atoms with Crippen LogP contribution in [0.5, 0.6) is 0 Å². The minimum atomic E-state index is -0.923. The number of anilines is 1. The summed E-state index contributed by atoms with van der Waals surface area (Å²) in [5.41, 5.74) is 0.731. The van der Waals surface area contributed by atoms with Crippen LogP contribution in [0, 0.1) is 23.7 Å². The predicted molar refractivity (Wildman–Crippen MR) is 115 cm³/mol. The first-order chi connectivity index (χ1) is 14.0. The average molecular weight is 396 g/mol. The molecule has 2 saturated carbocycles. The highest BCUT2D eigenvalue weighted by atomic mass is 16.3. The van der Waals surface area contributed by atoms with Crippen LogP contribution in [-0.2, 0) is 6.54 Å². The Morgan fingerprint density at radius 1 is 1.28 bits per heavy atom. The number of rotatable bonds is 6. The van der Waals surface area contributed by atoms with Gasteiger partial charge in [-0.3, -0.25) is 0 Å². The lowest BCUT2D eigenvalue weighted by atomic mass is 9.79. The van der Waals surface area contributed by atoms with Gasteiger partial charge in [0.2, 0.25) is 5.82 Å². The van der Waals surface area contributed by atoms with E-state index in [4.69, 9.17) is 9.97 Å². The molecule has 2 fully saturated rings. The summed E-state index contributed by atoms with van der Waals surface area (Å²) in [6.45, 7) is 7.48. The van der Waals surface area contributed by atoms with Gasteiger partial charge >= 0.3 is 0 Å². The van der Waals surface area contributed by atoms with Crippen molar-refractivity contribution in [1.82, 2.24) is 19.5 Å². The molecule has 0 saturated heterocycles. The number of hydrogen-bond acceptors (Lipinski definition) is 5. The topological polar surface area (TPSA) is 75.9 Å². The first-order valence-corrected chi connectivity index (χ1v) is 11.2. The van der Waals surface area contributed by atoms with Crippen molar-refractivity contribution in [2.45, 2.75) is 90.3 Å². The highest BCUT2D eigenvalue weighted by molar-refractivity contribution is 5.83. The third kappa shape index (κ3) is 4.72. The van der Waals surface area contributed by atoms with Crippen LogP contribution in [0.4, 0.5) is 5.82 Å². The molecule has 6 nitrogen and oxygen atoms in total. The van der Waals surface area contributed by atoms with Gasteiger partial charge in [-0.25, -0.2) is 15.0 Å². The number of aliphatic hydroxyl groups is 1. The molecule has 6 heteroatoms. The largest absolute Gasteiger partial charge is 0.378 e. The van der Waals surface area contributed by atoms with E-state index in [2.05, 4.69) is 47.5 Å². The highest BCUT2D eigenvalue weighted by Gasteiger charge is 2.31. The maximum Gasteiger partial charge on any atom is 0.209 e. The Kier molecular flexibility index (Phi) is 5.78. The molecule has 2 aliphatic carbocycles. The zero-order valence-electron chi connectivity index (χ0n) is 17.9. The molecule has 2 unspecified atom stereocenters. The number of fused-ring (bicyclic) bond motifs is 1. The van der Waals surface area contributed by atoms with Gasteiger partial charge in [0, 0.05) is 12.6 Å². The lowest BCUT2D eigenvalue weighted by Gasteiger charge is -2.30. The zero-order chi connectivity index (χ0) is 20.4. The maximum atomic E-state index is 10.9. The van der Waals surface area contributed by atoms with Crippen molar-refractivity contribution in [2.24, 2.45) is 11.8 Å². The quantitative estimate of drug-likeness (QED) is 0.719. The molecule has 2 aromatic rings. The fourth-order valence-electron chi connectivity index (χ4n) is 4.31. The molecule has 0 radical (unpaired) electrons. The van der Waals surface area contributed by atoms with Crippen LogP contribution < -0.4 is 5.32 Å². The summed E-state index contributed by atoms with van der Waals surface area (Å²) < 4.78 is 2.13. The minimum absolute atomic E-state index is 0.339. The van der Waals surface area contributed by atoms with Crippen molar-refractivity contribution in [3.63, 3.8) is 0 Å². The second-order valence-electron chi connectivity index (χ2n) is 9.05. The number of nitrogens with one attached hydrogen (secondary N) is 1. The van der Waals surface area contributed by atoms with E-state index in [0.29, 0.717) is 17.8 Å². The lowest BCUT2D eigenvalue weighted by Crippen LogP contribution is -2.32. The predicted octanol–water partition coefficient (Wildman–Crippen LogP) is 4.13. The van der Waals surface area contributed by atoms with E-state index in [-0.39, 0.29) is 0 Å². The van der Waals surface area contributed by atoms with Gasteiger partial charge in [0.25, 0.3) is 0 Å². The van der Waals surface area contributed by atoms with Crippen LogP contribution in [0.1, 0.15) is 78.0 Å². The Bertz CT molecular complexity index is 918. The van der Waals surface area contributed by atoms with Crippen LogP contribution in [0.15, 0.2) is 6.33 Å². The van der Waals surface area contributed by atoms with Gasteiger partial charge in [0.05, 0.1) is 6.33 Å². The number of imidazole rings is 1. The summed E-state index contributed by atoms with van der Waals surface area (Å²) in [5, 5.41) is 14.4. The van der Waals surface area contributed by atoms with Crippen LogP contribution >= 0.6 is 0 Å². The molecule has 0 aliphatic heterocycles. The van der Waals surface area contributed by atoms with E-state index < -0.39 is 5.60 Å². The molecule has 0 aromatic carbocycles. The Morgan fingerprint density at radius 3 is 2.76 bits per heavy atom. The minimum Gasteiger partial charge on any atom is -0.378 e. The normalized spacial score (nSPS) is 24.5. The molecule has 0 spiro atoms. The van der Waals surface area contributed by atoms with E-state index in [1.165, 1.54) is 12.8 Å². The van der Waals surface area contributed by atoms with Crippen LogP contribution in [0.3, 0.4) is 0 Å². The Labute approximate surface area is 173 Å². The summed E-state index contributed by atoms with van der Waals surface area (Å²) in [6.07, 6.45) is 10.1. The first-order valence-electron chi connectivity index (χ1n) is 11.2. The summed E-state index contributed by atoms with van der Waals surface area (Å²) in [5.74, 6) is 8.66. The third-order valence-corrected chi connectivity index (χ3v) is 6.32. The van der Waals surface area contributed by atoms with Gasteiger partial charge in [0.15, 0.2) is 17.0 Å². The monoisotopic (exact) mass is 395 g/mol. The Morgan fingerprint density at radius 2 is 2.07 bits per heavy atom. The second kappa shape index (κ2) is 8.31. The fourth-order valence-corrected chi connectivity index (χ4v) is 4.31. The molecule has 2 atom stereocenters. The van der Waals surface area contributed by atoms with Gasteiger partial charge in [0.1, 0.15) is 5.60 Å². The first kappa shape index (κ1) is 20.2. The van der Waals surface area contributed by atoms with Gasteiger partial charge in [-0.1, -0.05) is 33.1 Å². The van der Waals surface area contributed by atoms with Crippen molar-refractivity contribution in [3.05, 3.63) is 12.2 Å². The number of hydrogen-bond donors (Lipinski definition) is 2. The highest BCUT2D eigenvalue weighted by Crippen LogP contribution is 2.33. The van der Waals surface area contributed by atoms with Crippen LogP contribution in [0.2, 0.25) is 0 Å². The van der Waals surface area contributed by atoms with Crippen molar-refractivity contribution in [2.75, 3.05) is 5.32 Å². The Balaban J connectivity index is 1.70. The molecular weight excluding hydrogens is 362 g/mol. The lowest BCUT2D eigenvalue weighted by molar-refractivity contribution is 0.0410. The summed E-state index contributed by atoms with van der Waals surface area (Å²) in [7, 11) is 0. The molecule has 29 heavy (non-hydrogen) atoms. The van der Waals surface area contributed by atoms with Crippen molar-refractivity contribution < 1.29 is 5.11 Å². The second-order valence-corrected chi connectivity index (χ2v) is 9.05. The van der Waals surface area contributed by atoms with E-state index in [1.54, 1.807) is 0 Å². The van der Waals surface area contributed by atoms with Gasteiger partial charge in [-0.05, 0) is 62.7 Å². The van der Waals surface area contributed by atoms with E-state index in [9.17, 15) is 5.11 Å². The van der Waals surface area contributed by atoms with E-state index >= 15 is 0 Å². The molecule has 2 N–H and O–H groups in total. The molecule has 2 aromatic heterocycles. The standard InChI is InChI=1S/C23H33N5O/c1-4-18(5-2)25-21-20-22(28(15-24-20)14-17-8-9-17)27-19(26-21)10-12-23(29)11-6-7-16(3)13-23/h15-18,29H,4-9,11,13-14H2,1-3H3,(H,25,26,27). The molecule has 0 bridgehead atoms. The molecule has 0 amide bonds. The molecule has 2 heterocycles. The third-order valence-electron chi connectivity index (χ3n) is 6.32. The molecular formula is C23H33N5O. The molecule has 156 valence electrons. The van der Waals surface area contributed by atoms with Crippen LogP contribution in [0.25, 0.3) is 11.2 Å². The zero-order valence-corrected chi connectivity index (χ0v) is 17.9.